The second kappa shape index (κ2) is 5.28. The Bertz CT molecular complexity index is 675. The van der Waals surface area contributed by atoms with Gasteiger partial charge < -0.3 is 5.73 Å². The van der Waals surface area contributed by atoms with E-state index in [4.69, 9.17) is 5.73 Å². The summed E-state index contributed by atoms with van der Waals surface area (Å²) in [6, 6.07) is 11.3. The number of anilines is 1. The normalized spacial score (nSPS) is 21.5. The van der Waals surface area contributed by atoms with Crippen LogP contribution in [0.3, 0.4) is 0 Å². The summed E-state index contributed by atoms with van der Waals surface area (Å²) in [6.07, 6.45) is 5.78. The second-order valence-corrected chi connectivity index (χ2v) is 6.90. The number of aryl methyl sites for hydroxylation is 1. The average molecular weight is 297 g/mol. The quantitative estimate of drug-likeness (QED) is 0.924. The van der Waals surface area contributed by atoms with E-state index in [0.29, 0.717) is 11.2 Å². The van der Waals surface area contributed by atoms with E-state index in [1.165, 1.54) is 28.1 Å². The van der Waals surface area contributed by atoms with Crippen molar-refractivity contribution < 1.29 is 0 Å². The minimum atomic E-state index is 0.507. The van der Waals surface area contributed by atoms with E-state index < -0.39 is 0 Å². The fourth-order valence-corrected chi connectivity index (χ4v) is 4.38. The summed E-state index contributed by atoms with van der Waals surface area (Å²) in [6.45, 7) is 2.16. The van der Waals surface area contributed by atoms with E-state index in [0.717, 1.165) is 25.9 Å². The maximum absolute atomic E-state index is 5.90. The Morgan fingerprint density at radius 2 is 2.14 bits per heavy atom. The predicted octanol–water partition coefficient (Wildman–Crippen LogP) is 3.33. The molecule has 1 aliphatic carbocycles. The van der Waals surface area contributed by atoms with Gasteiger partial charge in [-0.3, -0.25) is 4.90 Å². The molecule has 2 heterocycles. The largest absolute Gasteiger partial charge is 0.375 e. The predicted molar refractivity (Wildman–Crippen MR) is 88.1 cm³/mol. The SMILES string of the molecule is Nc1nc2c(s1)CCC1C2=CCCN1Cc1ccccc1. The van der Waals surface area contributed by atoms with E-state index in [1.807, 2.05) is 0 Å². The first kappa shape index (κ1) is 13.0. The van der Waals surface area contributed by atoms with E-state index >= 15 is 0 Å². The summed E-state index contributed by atoms with van der Waals surface area (Å²) in [5, 5.41) is 0.710. The first-order valence-electron chi connectivity index (χ1n) is 7.55. The lowest BCUT2D eigenvalue weighted by atomic mass is 9.87. The van der Waals surface area contributed by atoms with Crippen LogP contribution in [-0.2, 0) is 13.0 Å². The van der Waals surface area contributed by atoms with Gasteiger partial charge in [-0.2, -0.15) is 0 Å². The highest BCUT2D eigenvalue weighted by molar-refractivity contribution is 7.15. The number of nitrogens with two attached hydrogens (primary N) is 1. The molecule has 1 unspecified atom stereocenters. The highest BCUT2D eigenvalue weighted by Gasteiger charge is 2.33. The van der Waals surface area contributed by atoms with Gasteiger partial charge in [0.25, 0.3) is 0 Å². The molecule has 0 fully saturated rings. The van der Waals surface area contributed by atoms with Crippen molar-refractivity contribution in [3.63, 3.8) is 0 Å². The molecular formula is C17H19N3S. The van der Waals surface area contributed by atoms with Gasteiger partial charge >= 0.3 is 0 Å². The summed E-state index contributed by atoms with van der Waals surface area (Å²) in [7, 11) is 0. The zero-order chi connectivity index (χ0) is 14.2. The van der Waals surface area contributed by atoms with Crippen molar-refractivity contribution in [1.82, 2.24) is 9.88 Å². The van der Waals surface area contributed by atoms with Gasteiger partial charge in [-0.1, -0.05) is 36.4 Å². The molecule has 0 amide bonds. The third-order valence-corrected chi connectivity index (χ3v) is 5.39. The molecule has 108 valence electrons. The monoisotopic (exact) mass is 297 g/mol. The van der Waals surface area contributed by atoms with Crippen molar-refractivity contribution in [3.8, 4) is 0 Å². The fraction of sp³-hybridized carbons (Fsp3) is 0.353. The molecule has 0 saturated heterocycles. The summed E-state index contributed by atoms with van der Waals surface area (Å²) >= 11 is 1.66. The van der Waals surface area contributed by atoms with Crippen LogP contribution in [0.2, 0.25) is 0 Å². The van der Waals surface area contributed by atoms with Crippen molar-refractivity contribution in [1.29, 1.82) is 0 Å². The Kier molecular flexibility index (Phi) is 3.28. The molecule has 2 aromatic rings. The number of hydrogen-bond acceptors (Lipinski definition) is 4. The Balaban J connectivity index is 1.62. The van der Waals surface area contributed by atoms with Gasteiger partial charge in [-0.25, -0.2) is 4.98 Å². The van der Waals surface area contributed by atoms with Crippen LogP contribution in [-0.4, -0.2) is 22.5 Å². The standard InChI is InChI=1S/C17H19N3S/c18-17-19-16-13-7-4-10-20(11-12-5-2-1-3-6-12)14(13)8-9-15(16)21-17/h1-3,5-7,14H,4,8-11H2,(H2,18,19). The Labute approximate surface area is 129 Å². The smallest absolute Gasteiger partial charge is 0.180 e. The molecule has 1 aromatic carbocycles. The lowest BCUT2D eigenvalue weighted by molar-refractivity contribution is 0.210. The number of fused-ring (bicyclic) bond motifs is 3. The van der Waals surface area contributed by atoms with Crippen molar-refractivity contribution >= 4 is 22.0 Å². The lowest BCUT2D eigenvalue weighted by Gasteiger charge is -2.38. The Morgan fingerprint density at radius 3 is 3.00 bits per heavy atom. The van der Waals surface area contributed by atoms with E-state index in [-0.39, 0.29) is 0 Å². The van der Waals surface area contributed by atoms with Gasteiger partial charge in [0.1, 0.15) is 0 Å². The Hall–Kier alpha value is -1.65. The molecule has 4 rings (SSSR count). The zero-order valence-electron chi connectivity index (χ0n) is 12.0. The molecule has 1 aromatic heterocycles. The molecule has 0 radical (unpaired) electrons. The zero-order valence-corrected chi connectivity index (χ0v) is 12.8. The second-order valence-electron chi connectivity index (χ2n) is 5.78. The maximum atomic E-state index is 5.90. The van der Waals surface area contributed by atoms with Gasteiger partial charge in [0.05, 0.1) is 5.69 Å². The van der Waals surface area contributed by atoms with Crippen LogP contribution in [0.15, 0.2) is 36.4 Å². The van der Waals surface area contributed by atoms with Crippen LogP contribution >= 0.6 is 11.3 Å². The molecule has 0 spiro atoms. The number of nitrogens with zero attached hydrogens (tertiary/aromatic N) is 2. The van der Waals surface area contributed by atoms with Crippen LogP contribution < -0.4 is 5.73 Å². The molecule has 4 heteroatoms. The summed E-state index contributed by atoms with van der Waals surface area (Å²) in [5.74, 6) is 0. The van der Waals surface area contributed by atoms with Crippen molar-refractivity contribution in [2.75, 3.05) is 12.3 Å². The number of hydrogen-bond donors (Lipinski definition) is 1. The third kappa shape index (κ3) is 2.39. The van der Waals surface area contributed by atoms with Crippen LogP contribution in [0, 0.1) is 0 Å². The van der Waals surface area contributed by atoms with E-state index in [9.17, 15) is 0 Å². The summed E-state index contributed by atoms with van der Waals surface area (Å²) in [5.41, 5.74) is 9.88. The van der Waals surface area contributed by atoms with Gasteiger partial charge in [0.15, 0.2) is 5.13 Å². The fourth-order valence-electron chi connectivity index (χ4n) is 3.51. The maximum Gasteiger partial charge on any atom is 0.180 e. The number of rotatable bonds is 2. The third-order valence-electron chi connectivity index (χ3n) is 4.44. The van der Waals surface area contributed by atoms with Crippen LogP contribution in [0.1, 0.15) is 29.0 Å². The van der Waals surface area contributed by atoms with E-state index in [1.54, 1.807) is 11.3 Å². The van der Waals surface area contributed by atoms with Crippen LogP contribution in [0.25, 0.3) is 5.57 Å². The number of thiazole rings is 1. The molecule has 2 aliphatic rings. The molecule has 2 N–H and O–H groups in total. The molecule has 0 saturated carbocycles. The average Bonchev–Trinajstić information content (AvgIpc) is 2.89. The van der Waals surface area contributed by atoms with Gasteiger partial charge in [0, 0.05) is 24.0 Å². The summed E-state index contributed by atoms with van der Waals surface area (Å²) < 4.78 is 0. The van der Waals surface area contributed by atoms with E-state index in [2.05, 4.69) is 46.3 Å². The minimum absolute atomic E-state index is 0.507. The number of nitrogen functional groups attached to an aromatic ring is 1. The van der Waals surface area contributed by atoms with Gasteiger partial charge in [-0.05, 0) is 30.4 Å². The number of benzene rings is 1. The van der Waals surface area contributed by atoms with Gasteiger partial charge in [-0.15, -0.1) is 11.3 Å². The molecule has 3 nitrogen and oxygen atoms in total. The minimum Gasteiger partial charge on any atom is -0.375 e. The van der Waals surface area contributed by atoms with Crippen molar-refractivity contribution in [3.05, 3.63) is 52.5 Å². The topological polar surface area (TPSA) is 42.1 Å². The Morgan fingerprint density at radius 1 is 1.29 bits per heavy atom. The highest BCUT2D eigenvalue weighted by atomic mass is 32.1. The van der Waals surface area contributed by atoms with Crippen molar-refractivity contribution in [2.24, 2.45) is 0 Å². The van der Waals surface area contributed by atoms with Gasteiger partial charge in [0.2, 0.25) is 0 Å². The molecular weight excluding hydrogens is 278 g/mol. The highest BCUT2D eigenvalue weighted by Crippen LogP contribution is 2.39. The summed E-state index contributed by atoms with van der Waals surface area (Å²) in [4.78, 5) is 8.55. The molecule has 0 bridgehead atoms. The first-order valence-corrected chi connectivity index (χ1v) is 8.36. The number of aromatic nitrogens is 1. The lowest BCUT2D eigenvalue weighted by Crippen LogP contribution is -2.40. The molecule has 21 heavy (non-hydrogen) atoms. The first-order chi connectivity index (χ1) is 10.3. The van der Waals surface area contributed by atoms with Crippen molar-refractivity contribution in [2.45, 2.75) is 31.8 Å². The molecule has 1 atom stereocenters. The van der Waals surface area contributed by atoms with Crippen LogP contribution in [0.4, 0.5) is 5.13 Å². The van der Waals surface area contributed by atoms with Crippen LogP contribution in [0.5, 0.6) is 0 Å². The molecule has 1 aliphatic heterocycles.